The van der Waals surface area contributed by atoms with Crippen molar-refractivity contribution in [2.45, 2.75) is 38.5 Å². The Hall–Kier alpha value is -1.50. The Morgan fingerprint density at radius 2 is 2.05 bits per heavy atom. The summed E-state index contributed by atoms with van der Waals surface area (Å²) in [4.78, 5) is 10.8. The van der Waals surface area contributed by atoms with Crippen molar-refractivity contribution in [3.63, 3.8) is 0 Å². The third-order valence-corrected chi connectivity index (χ3v) is 2.97. The van der Waals surface area contributed by atoms with Gasteiger partial charge in [-0.2, -0.15) is 0 Å². The number of aryl methyl sites for hydroxylation is 1. The molecule has 0 radical (unpaired) electrons. The number of carbonyl (C=O) groups is 1. The second-order valence-electron chi connectivity index (χ2n) is 4.92. The number of halogens is 1. The summed E-state index contributed by atoms with van der Waals surface area (Å²) in [5, 5.41) is 31.1. The first kappa shape index (κ1) is 16.6. The molecule has 5 nitrogen and oxygen atoms in total. The number of nitrogens with one attached hydrogen (secondary N) is 1. The summed E-state index contributed by atoms with van der Waals surface area (Å²) in [5.41, 5.74) is 0.819. The highest BCUT2D eigenvalue weighted by atomic mass is 19.1. The standard InChI is InChI=1S/C14H20FNO4/c1-8-5-10(3-4-11(8)15)14(20)12(6-13(18)19)16-7-9(2)17/h3-5,9,12,14,16-17,20H,6-7H2,1-2H3,(H,18,19). The van der Waals surface area contributed by atoms with Gasteiger partial charge in [-0.1, -0.05) is 12.1 Å². The molecule has 0 aliphatic rings. The minimum absolute atomic E-state index is 0.162. The van der Waals surface area contributed by atoms with Gasteiger partial charge < -0.3 is 20.6 Å². The van der Waals surface area contributed by atoms with Gasteiger partial charge in [0.15, 0.2) is 0 Å². The fraction of sp³-hybridized carbons (Fsp3) is 0.500. The summed E-state index contributed by atoms with van der Waals surface area (Å²) >= 11 is 0. The molecule has 0 heterocycles. The molecule has 0 aromatic heterocycles. The summed E-state index contributed by atoms with van der Waals surface area (Å²) in [6, 6.07) is 3.39. The van der Waals surface area contributed by atoms with E-state index in [9.17, 15) is 19.4 Å². The van der Waals surface area contributed by atoms with Crippen molar-refractivity contribution >= 4 is 5.97 Å². The highest BCUT2D eigenvalue weighted by Gasteiger charge is 2.24. The molecule has 0 aliphatic carbocycles. The van der Waals surface area contributed by atoms with Crippen LogP contribution in [0.2, 0.25) is 0 Å². The van der Waals surface area contributed by atoms with Crippen LogP contribution in [0.15, 0.2) is 18.2 Å². The van der Waals surface area contributed by atoms with Crippen molar-refractivity contribution in [2.75, 3.05) is 6.54 Å². The number of aliphatic carboxylic acids is 1. The molecule has 112 valence electrons. The SMILES string of the molecule is Cc1cc(C(O)C(CC(=O)O)NCC(C)O)ccc1F. The highest BCUT2D eigenvalue weighted by Crippen LogP contribution is 2.21. The van der Waals surface area contributed by atoms with Gasteiger partial charge in [-0.15, -0.1) is 0 Å². The van der Waals surface area contributed by atoms with E-state index in [4.69, 9.17) is 5.11 Å². The van der Waals surface area contributed by atoms with E-state index in [2.05, 4.69) is 5.32 Å². The fourth-order valence-corrected chi connectivity index (χ4v) is 1.89. The van der Waals surface area contributed by atoms with Gasteiger partial charge in [0.05, 0.1) is 18.6 Å². The van der Waals surface area contributed by atoms with Gasteiger partial charge in [-0.3, -0.25) is 4.79 Å². The number of aliphatic hydroxyl groups is 2. The molecule has 1 aromatic rings. The first-order valence-corrected chi connectivity index (χ1v) is 6.38. The largest absolute Gasteiger partial charge is 0.481 e. The van der Waals surface area contributed by atoms with Gasteiger partial charge in [0, 0.05) is 12.6 Å². The molecule has 0 spiro atoms. The van der Waals surface area contributed by atoms with Crippen LogP contribution in [0.5, 0.6) is 0 Å². The average Bonchev–Trinajstić information content (AvgIpc) is 2.36. The molecule has 1 rings (SSSR count). The van der Waals surface area contributed by atoms with Crippen molar-refractivity contribution < 1.29 is 24.5 Å². The number of hydrogen-bond donors (Lipinski definition) is 4. The van der Waals surface area contributed by atoms with Crippen LogP contribution in [0.25, 0.3) is 0 Å². The molecule has 4 N–H and O–H groups in total. The molecule has 0 saturated carbocycles. The van der Waals surface area contributed by atoms with E-state index >= 15 is 0 Å². The normalized spacial score (nSPS) is 15.7. The van der Waals surface area contributed by atoms with Crippen molar-refractivity contribution in [3.05, 3.63) is 35.1 Å². The zero-order valence-corrected chi connectivity index (χ0v) is 11.5. The highest BCUT2D eigenvalue weighted by molar-refractivity contribution is 5.67. The zero-order valence-electron chi connectivity index (χ0n) is 11.5. The molecule has 6 heteroatoms. The minimum Gasteiger partial charge on any atom is -0.481 e. The van der Waals surface area contributed by atoms with Gasteiger partial charge in [0.1, 0.15) is 5.82 Å². The average molecular weight is 285 g/mol. The Morgan fingerprint density at radius 1 is 1.40 bits per heavy atom. The van der Waals surface area contributed by atoms with Crippen LogP contribution < -0.4 is 5.32 Å². The van der Waals surface area contributed by atoms with Crippen LogP contribution in [0.4, 0.5) is 4.39 Å². The molecule has 1 aromatic carbocycles. The first-order chi connectivity index (χ1) is 9.31. The van der Waals surface area contributed by atoms with Crippen molar-refractivity contribution in [1.29, 1.82) is 0 Å². The smallest absolute Gasteiger partial charge is 0.305 e. The number of carboxylic acids is 1. The van der Waals surface area contributed by atoms with Crippen LogP contribution in [0, 0.1) is 12.7 Å². The van der Waals surface area contributed by atoms with Crippen molar-refractivity contribution in [1.82, 2.24) is 5.32 Å². The van der Waals surface area contributed by atoms with E-state index in [1.165, 1.54) is 18.2 Å². The predicted molar refractivity (Wildman–Crippen MR) is 71.8 cm³/mol. The van der Waals surface area contributed by atoms with Crippen LogP contribution in [0.3, 0.4) is 0 Å². The lowest BCUT2D eigenvalue weighted by Gasteiger charge is -2.24. The molecular formula is C14H20FNO4. The van der Waals surface area contributed by atoms with Crippen molar-refractivity contribution in [2.24, 2.45) is 0 Å². The summed E-state index contributed by atoms with van der Waals surface area (Å²) in [5.74, 6) is -1.45. The number of rotatable bonds is 7. The van der Waals surface area contributed by atoms with E-state index in [1.54, 1.807) is 13.8 Å². The van der Waals surface area contributed by atoms with Gasteiger partial charge in [0.25, 0.3) is 0 Å². The Balaban J connectivity index is 2.87. The molecule has 3 unspecified atom stereocenters. The van der Waals surface area contributed by atoms with Gasteiger partial charge in [0.2, 0.25) is 0 Å². The molecule has 0 amide bonds. The Kier molecular flexibility index (Phi) is 6.06. The minimum atomic E-state index is -1.09. The lowest BCUT2D eigenvalue weighted by molar-refractivity contribution is -0.138. The topological polar surface area (TPSA) is 89.8 Å². The summed E-state index contributed by atoms with van der Waals surface area (Å²) in [7, 11) is 0. The monoisotopic (exact) mass is 285 g/mol. The second kappa shape index (κ2) is 7.33. The van der Waals surface area contributed by atoms with E-state index in [0.717, 1.165) is 0 Å². The third-order valence-electron chi connectivity index (χ3n) is 2.97. The maximum Gasteiger partial charge on any atom is 0.305 e. The maximum absolute atomic E-state index is 13.2. The molecule has 0 bridgehead atoms. The molecule has 0 fully saturated rings. The van der Waals surface area contributed by atoms with Crippen molar-refractivity contribution in [3.8, 4) is 0 Å². The van der Waals surface area contributed by atoms with Gasteiger partial charge in [-0.25, -0.2) is 4.39 Å². The summed E-state index contributed by atoms with van der Waals surface area (Å²) in [6.45, 7) is 3.29. The molecule has 3 atom stereocenters. The number of carboxylic acid groups (broad SMARTS) is 1. The van der Waals surface area contributed by atoms with Crippen LogP contribution in [0.1, 0.15) is 30.6 Å². The van der Waals surface area contributed by atoms with Gasteiger partial charge >= 0.3 is 5.97 Å². The Morgan fingerprint density at radius 3 is 2.55 bits per heavy atom. The second-order valence-corrected chi connectivity index (χ2v) is 4.92. The summed E-state index contributed by atoms with van der Waals surface area (Å²) < 4.78 is 13.2. The third kappa shape index (κ3) is 4.88. The Labute approximate surface area is 117 Å². The van der Waals surface area contributed by atoms with Crippen LogP contribution in [-0.2, 0) is 4.79 Å². The molecule has 0 aliphatic heterocycles. The van der Waals surface area contributed by atoms with E-state index in [1.807, 2.05) is 0 Å². The number of hydrogen-bond acceptors (Lipinski definition) is 4. The maximum atomic E-state index is 13.2. The molecule has 20 heavy (non-hydrogen) atoms. The van der Waals surface area contributed by atoms with Crippen LogP contribution >= 0.6 is 0 Å². The number of aliphatic hydroxyl groups excluding tert-OH is 2. The van der Waals surface area contributed by atoms with E-state index in [0.29, 0.717) is 11.1 Å². The zero-order chi connectivity index (χ0) is 15.3. The Bertz CT molecular complexity index is 464. The quantitative estimate of drug-likeness (QED) is 0.599. The summed E-state index contributed by atoms with van der Waals surface area (Å²) in [6.07, 6.45) is -2.05. The first-order valence-electron chi connectivity index (χ1n) is 6.38. The fourth-order valence-electron chi connectivity index (χ4n) is 1.89. The lowest BCUT2D eigenvalue weighted by Crippen LogP contribution is -2.40. The molecule has 0 saturated heterocycles. The lowest BCUT2D eigenvalue weighted by atomic mass is 9.98. The van der Waals surface area contributed by atoms with E-state index in [-0.39, 0.29) is 18.8 Å². The number of benzene rings is 1. The molecular weight excluding hydrogens is 265 g/mol. The van der Waals surface area contributed by atoms with Crippen LogP contribution in [-0.4, -0.2) is 40.0 Å². The van der Waals surface area contributed by atoms with E-state index < -0.39 is 24.2 Å². The predicted octanol–water partition coefficient (Wildman–Crippen LogP) is 0.981. The van der Waals surface area contributed by atoms with Gasteiger partial charge in [-0.05, 0) is 31.0 Å².